The van der Waals surface area contributed by atoms with Crippen LogP contribution >= 0.6 is 0 Å². The Labute approximate surface area is 316 Å². The molecule has 0 fully saturated rings. The second-order valence-corrected chi connectivity index (χ2v) is 15.0. The van der Waals surface area contributed by atoms with Gasteiger partial charge in [-0.3, -0.25) is 14.4 Å². The fourth-order valence-electron chi connectivity index (χ4n) is 6.39. The lowest BCUT2D eigenvalue weighted by Gasteiger charge is -2.18. The first-order valence-electron chi connectivity index (χ1n) is 22.2. The molecule has 6 heteroatoms. The molecule has 0 rings (SSSR count). The van der Waals surface area contributed by atoms with E-state index in [1.165, 1.54) is 141 Å². The van der Waals surface area contributed by atoms with Gasteiger partial charge in [0.1, 0.15) is 13.2 Å². The third kappa shape index (κ3) is 39.2. The maximum atomic E-state index is 12.6. The zero-order valence-corrected chi connectivity index (χ0v) is 34.1. The summed E-state index contributed by atoms with van der Waals surface area (Å²) in [6.07, 6.45) is 42.0. The molecule has 0 spiro atoms. The number of hydrogen-bond donors (Lipinski definition) is 0. The van der Waals surface area contributed by atoms with Gasteiger partial charge in [-0.05, 0) is 38.5 Å². The number of carbonyl (C=O) groups excluding carboxylic acids is 3. The molecule has 0 aliphatic carbocycles. The standard InChI is InChI=1S/C45H84O6/c1-4-7-10-13-16-19-21-22-23-24-27-29-32-35-38-44(47)50-41-42(40-49-43(46)37-34-31-28-25-18-15-12-9-6-3)51-45(48)39-36-33-30-26-20-17-14-11-8-5-2/h25,28,42H,4-24,26-27,29-41H2,1-3H3/b28-25-. The van der Waals surface area contributed by atoms with Gasteiger partial charge < -0.3 is 14.2 Å². The quantitative estimate of drug-likeness (QED) is 0.0271. The van der Waals surface area contributed by atoms with Crippen LogP contribution in [-0.4, -0.2) is 37.2 Å². The van der Waals surface area contributed by atoms with Crippen LogP contribution in [0.3, 0.4) is 0 Å². The van der Waals surface area contributed by atoms with Crippen LogP contribution in [0.5, 0.6) is 0 Å². The summed E-state index contributed by atoms with van der Waals surface area (Å²) >= 11 is 0. The molecule has 0 saturated carbocycles. The first kappa shape index (κ1) is 49.1. The predicted octanol–water partition coefficient (Wildman–Crippen LogP) is 13.9. The third-order valence-corrected chi connectivity index (χ3v) is 9.77. The summed E-state index contributed by atoms with van der Waals surface area (Å²) in [7, 11) is 0. The molecule has 0 aliphatic heterocycles. The Morgan fingerprint density at radius 2 is 0.667 bits per heavy atom. The van der Waals surface area contributed by atoms with Crippen molar-refractivity contribution in [2.45, 2.75) is 245 Å². The summed E-state index contributed by atoms with van der Waals surface area (Å²) in [5.74, 6) is -0.906. The SMILES string of the molecule is CCCCCC/C=C\CCCC(=O)OCC(COC(=O)CCCCCCCCCCCCCCCC)OC(=O)CCCCCCCCCCCC. The minimum Gasteiger partial charge on any atom is -0.462 e. The van der Waals surface area contributed by atoms with E-state index in [-0.39, 0.29) is 31.1 Å². The zero-order chi connectivity index (χ0) is 37.3. The highest BCUT2D eigenvalue weighted by Crippen LogP contribution is 2.15. The Balaban J connectivity index is 4.32. The van der Waals surface area contributed by atoms with Crippen molar-refractivity contribution >= 4 is 17.9 Å². The second-order valence-electron chi connectivity index (χ2n) is 15.0. The van der Waals surface area contributed by atoms with Crippen molar-refractivity contribution in [1.29, 1.82) is 0 Å². The fourth-order valence-corrected chi connectivity index (χ4v) is 6.39. The van der Waals surface area contributed by atoms with Gasteiger partial charge in [0.15, 0.2) is 6.10 Å². The lowest BCUT2D eigenvalue weighted by Crippen LogP contribution is -2.30. The molecule has 1 unspecified atom stereocenters. The van der Waals surface area contributed by atoms with E-state index in [1.807, 2.05) is 0 Å². The van der Waals surface area contributed by atoms with Gasteiger partial charge in [-0.15, -0.1) is 0 Å². The van der Waals surface area contributed by atoms with E-state index in [0.29, 0.717) is 19.3 Å². The topological polar surface area (TPSA) is 78.9 Å². The maximum Gasteiger partial charge on any atom is 0.306 e. The van der Waals surface area contributed by atoms with Gasteiger partial charge in [-0.1, -0.05) is 193 Å². The van der Waals surface area contributed by atoms with Gasteiger partial charge in [-0.2, -0.15) is 0 Å². The molecule has 0 saturated heterocycles. The van der Waals surface area contributed by atoms with Crippen molar-refractivity contribution in [3.05, 3.63) is 12.2 Å². The van der Waals surface area contributed by atoms with Gasteiger partial charge in [-0.25, -0.2) is 0 Å². The highest BCUT2D eigenvalue weighted by atomic mass is 16.6. The van der Waals surface area contributed by atoms with Gasteiger partial charge in [0.05, 0.1) is 0 Å². The van der Waals surface area contributed by atoms with E-state index in [9.17, 15) is 14.4 Å². The molecule has 0 amide bonds. The Hall–Kier alpha value is -1.85. The number of rotatable bonds is 40. The molecule has 0 aliphatic rings. The fraction of sp³-hybridized carbons (Fsp3) is 0.889. The molecule has 0 aromatic heterocycles. The molecule has 1 atom stereocenters. The van der Waals surface area contributed by atoms with Crippen LogP contribution < -0.4 is 0 Å². The van der Waals surface area contributed by atoms with Crippen molar-refractivity contribution in [2.75, 3.05) is 13.2 Å². The average molecular weight is 721 g/mol. The number of carbonyl (C=O) groups is 3. The number of esters is 3. The van der Waals surface area contributed by atoms with Gasteiger partial charge in [0.2, 0.25) is 0 Å². The predicted molar refractivity (Wildman–Crippen MR) is 215 cm³/mol. The van der Waals surface area contributed by atoms with E-state index in [0.717, 1.165) is 57.8 Å². The number of ether oxygens (including phenoxy) is 3. The summed E-state index contributed by atoms with van der Waals surface area (Å²) in [6, 6.07) is 0. The van der Waals surface area contributed by atoms with E-state index < -0.39 is 6.10 Å². The monoisotopic (exact) mass is 721 g/mol. The van der Waals surface area contributed by atoms with Crippen molar-refractivity contribution in [3.63, 3.8) is 0 Å². The number of allylic oxidation sites excluding steroid dienone is 2. The molecule has 0 aromatic rings. The van der Waals surface area contributed by atoms with Crippen LogP contribution in [0, 0.1) is 0 Å². The first-order chi connectivity index (χ1) is 25.0. The molecule has 0 N–H and O–H groups in total. The Kier molecular flexibility index (Phi) is 39.4. The molecule has 300 valence electrons. The lowest BCUT2D eigenvalue weighted by atomic mass is 10.0. The van der Waals surface area contributed by atoms with Crippen LogP contribution in [0.4, 0.5) is 0 Å². The molecule has 0 radical (unpaired) electrons. The summed E-state index contributed by atoms with van der Waals surface area (Å²) in [5, 5.41) is 0. The Morgan fingerprint density at radius 1 is 0.373 bits per heavy atom. The Morgan fingerprint density at radius 3 is 1.06 bits per heavy atom. The first-order valence-corrected chi connectivity index (χ1v) is 22.2. The number of unbranched alkanes of at least 4 members (excludes halogenated alkanes) is 27. The van der Waals surface area contributed by atoms with Crippen LogP contribution in [0.25, 0.3) is 0 Å². The minimum absolute atomic E-state index is 0.0741. The molecule has 0 heterocycles. The van der Waals surface area contributed by atoms with Crippen LogP contribution in [0.15, 0.2) is 12.2 Å². The molecular formula is C45H84O6. The normalized spacial score (nSPS) is 12.0. The lowest BCUT2D eigenvalue weighted by molar-refractivity contribution is -0.167. The summed E-state index contributed by atoms with van der Waals surface area (Å²) in [4.78, 5) is 37.5. The van der Waals surface area contributed by atoms with Gasteiger partial charge in [0.25, 0.3) is 0 Å². The largest absolute Gasteiger partial charge is 0.462 e. The summed E-state index contributed by atoms with van der Waals surface area (Å²) < 4.78 is 16.6. The maximum absolute atomic E-state index is 12.6. The van der Waals surface area contributed by atoms with E-state index in [1.54, 1.807) is 0 Å². The van der Waals surface area contributed by atoms with Gasteiger partial charge >= 0.3 is 17.9 Å². The summed E-state index contributed by atoms with van der Waals surface area (Å²) in [5.41, 5.74) is 0. The Bertz CT molecular complexity index is 794. The zero-order valence-electron chi connectivity index (χ0n) is 34.1. The van der Waals surface area contributed by atoms with Crippen molar-refractivity contribution in [1.82, 2.24) is 0 Å². The highest BCUT2D eigenvalue weighted by molar-refractivity contribution is 5.71. The van der Waals surface area contributed by atoms with Gasteiger partial charge in [0, 0.05) is 19.3 Å². The van der Waals surface area contributed by atoms with Crippen LogP contribution in [-0.2, 0) is 28.6 Å². The van der Waals surface area contributed by atoms with Crippen molar-refractivity contribution < 1.29 is 28.6 Å². The third-order valence-electron chi connectivity index (χ3n) is 9.77. The molecule has 0 aromatic carbocycles. The second kappa shape index (κ2) is 40.9. The van der Waals surface area contributed by atoms with Crippen LogP contribution in [0.2, 0.25) is 0 Å². The smallest absolute Gasteiger partial charge is 0.306 e. The summed E-state index contributed by atoms with van der Waals surface area (Å²) in [6.45, 7) is 6.57. The van der Waals surface area contributed by atoms with Crippen LogP contribution in [0.1, 0.15) is 239 Å². The molecule has 51 heavy (non-hydrogen) atoms. The highest BCUT2D eigenvalue weighted by Gasteiger charge is 2.19. The van der Waals surface area contributed by atoms with E-state index in [4.69, 9.17) is 14.2 Å². The van der Waals surface area contributed by atoms with Crippen molar-refractivity contribution in [3.8, 4) is 0 Å². The minimum atomic E-state index is -0.770. The van der Waals surface area contributed by atoms with E-state index in [2.05, 4.69) is 32.9 Å². The van der Waals surface area contributed by atoms with Crippen molar-refractivity contribution in [2.24, 2.45) is 0 Å². The average Bonchev–Trinajstić information content (AvgIpc) is 3.12. The molecular weight excluding hydrogens is 636 g/mol. The van der Waals surface area contributed by atoms with E-state index >= 15 is 0 Å². The molecule has 6 nitrogen and oxygen atoms in total. The number of hydrogen-bond acceptors (Lipinski definition) is 6. The molecule has 0 bridgehead atoms.